The molecule has 5 rings (SSSR count). The molecule has 0 spiro atoms. The van der Waals surface area contributed by atoms with Crippen LogP contribution in [-0.2, 0) is 16.0 Å². The number of benzene rings is 1. The number of aromatic amines is 1. The Morgan fingerprint density at radius 3 is 3.14 bits per heavy atom. The van der Waals surface area contributed by atoms with Crippen molar-refractivity contribution < 1.29 is 9.53 Å². The van der Waals surface area contributed by atoms with E-state index in [1.165, 1.54) is 34.0 Å². The van der Waals surface area contributed by atoms with E-state index in [2.05, 4.69) is 52.7 Å². The molecule has 28 heavy (non-hydrogen) atoms. The molecule has 2 aliphatic heterocycles. The number of nitrogens with one attached hydrogen (secondary N) is 2. The van der Waals surface area contributed by atoms with Gasteiger partial charge in [0.1, 0.15) is 6.04 Å². The Balaban J connectivity index is 1.35. The van der Waals surface area contributed by atoms with Crippen LogP contribution in [0.25, 0.3) is 16.5 Å². The van der Waals surface area contributed by atoms with Crippen molar-refractivity contribution in [2.45, 2.75) is 44.2 Å². The summed E-state index contributed by atoms with van der Waals surface area (Å²) >= 11 is 0. The third-order valence-corrected chi connectivity index (χ3v) is 6.63. The normalized spacial score (nSPS) is 27.8. The molecule has 1 unspecified atom stereocenters. The number of ether oxygens (including phenoxy) is 1. The van der Waals surface area contributed by atoms with Gasteiger partial charge in [-0.05, 0) is 55.6 Å². The van der Waals surface area contributed by atoms with Gasteiger partial charge in [0.05, 0.1) is 6.61 Å². The molecule has 1 aromatic heterocycles. The Morgan fingerprint density at radius 2 is 2.21 bits per heavy atom. The summed E-state index contributed by atoms with van der Waals surface area (Å²) < 4.78 is 5.75. The number of fused-ring (bicyclic) bond motifs is 2. The number of H-pyrrole nitrogens is 1. The van der Waals surface area contributed by atoms with Crippen LogP contribution >= 0.6 is 0 Å². The minimum atomic E-state index is -0.130. The molecule has 5 nitrogen and oxygen atoms in total. The molecule has 3 heterocycles. The zero-order valence-corrected chi connectivity index (χ0v) is 16.5. The molecule has 1 aliphatic carbocycles. The van der Waals surface area contributed by atoms with Crippen LogP contribution in [-0.4, -0.2) is 54.7 Å². The van der Waals surface area contributed by atoms with E-state index in [0.29, 0.717) is 12.6 Å². The quantitative estimate of drug-likeness (QED) is 0.805. The van der Waals surface area contributed by atoms with E-state index in [1.807, 2.05) is 0 Å². The number of esters is 1. The highest BCUT2D eigenvalue weighted by atomic mass is 16.5. The first-order valence-corrected chi connectivity index (χ1v) is 10.6. The van der Waals surface area contributed by atoms with Gasteiger partial charge in [-0.15, -0.1) is 0 Å². The first-order chi connectivity index (χ1) is 13.7. The molecule has 0 amide bonds. The number of rotatable bonds is 3. The Hall–Kier alpha value is -2.11. The molecule has 1 fully saturated rings. The number of carbonyl (C=O) groups excluding carboxylic acids is 1. The Morgan fingerprint density at radius 1 is 1.29 bits per heavy atom. The molecule has 2 aromatic rings. The number of hydrogen-bond acceptors (Lipinski definition) is 4. The number of carbonyl (C=O) groups is 1. The molecule has 148 valence electrons. The van der Waals surface area contributed by atoms with Gasteiger partial charge >= 0.3 is 5.97 Å². The van der Waals surface area contributed by atoms with Gasteiger partial charge in [0.15, 0.2) is 0 Å². The Kier molecular flexibility index (Phi) is 4.73. The third-order valence-electron chi connectivity index (χ3n) is 6.63. The fourth-order valence-corrected chi connectivity index (χ4v) is 5.17. The largest absolute Gasteiger partial charge is 0.464 e. The van der Waals surface area contributed by atoms with Crippen molar-refractivity contribution in [3.63, 3.8) is 0 Å². The maximum absolute atomic E-state index is 12.5. The van der Waals surface area contributed by atoms with E-state index in [4.69, 9.17) is 4.74 Å². The van der Waals surface area contributed by atoms with Gasteiger partial charge in [0, 0.05) is 35.6 Å². The summed E-state index contributed by atoms with van der Waals surface area (Å²) in [6.45, 7) is 2.31. The van der Waals surface area contributed by atoms with Crippen LogP contribution in [0.15, 0.2) is 30.5 Å². The second kappa shape index (κ2) is 7.37. The highest BCUT2D eigenvalue weighted by Gasteiger charge is 2.34. The van der Waals surface area contributed by atoms with Gasteiger partial charge in [-0.2, -0.15) is 0 Å². The third kappa shape index (κ3) is 3.16. The van der Waals surface area contributed by atoms with Gasteiger partial charge in [-0.3, -0.25) is 9.69 Å². The maximum Gasteiger partial charge on any atom is 0.323 e. The summed E-state index contributed by atoms with van der Waals surface area (Å²) in [6.07, 6.45) is 9.91. The molecule has 3 atom stereocenters. The van der Waals surface area contributed by atoms with Crippen LogP contribution in [0.4, 0.5) is 0 Å². The van der Waals surface area contributed by atoms with Crippen molar-refractivity contribution in [2.24, 2.45) is 5.92 Å². The highest BCUT2D eigenvalue weighted by Crippen LogP contribution is 2.40. The summed E-state index contributed by atoms with van der Waals surface area (Å²) in [6, 6.07) is 6.78. The SMILES string of the molecule is CN1C[C@H](COC(=O)C2CCCCCN2)C=C2c3cccc4[nH]cc(c34)C[C@H]21. The number of aromatic nitrogens is 1. The van der Waals surface area contributed by atoms with Crippen LogP contribution < -0.4 is 5.32 Å². The molecule has 5 heteroatoms. The van der Waals surface area contributed by atoms with Crippen LogP contribution in [0.1, 0.15) is 36.8 Å². The van der Waals surface area contributed by atoms with Gasteiger partial charge in [-0.25, -0.2) is 0 Å². The van der Waals surface area contributed by atoms with Crippen LogP contribution in [0.5, 0.6) is 0 Å². The van der Waals surface area contributed by atoms with E-state index in [9.17, 15) is 4.79 Å². The van der Waals surface area contributed by atoms with Gasteiger partial charge < -0.3 is 15.0 Å². The standard InChI is InChI=1S/C23H29N3O2/c1-26-13-15(14-28-23(27)20-7-3-2-4-9-24-20)10-18-17-6-5-8-19-22(17)16(12-25-19)11-21(18)26/h5-6,8,10,12,15,20-21,24-25H,2-4,7,9,11,13-14H2,1H3/t15-,20?,21-/m1/s1. The highest BCUT2D eigenvalue weighted by molar-refractivity contribution is 5.98. The van der Waals surface area contributed by atoms with Crippen molar-refractivity contribution in [3.8, 4) is 0 Å². The molecular weight excluding hydrogens is 350 g/mol. The zero-order valence-electron chi connectivity index (χ0n) is 16.5. The smallest absolute Gasteiger partial charge is 0.323 e. The summed E-state index contributed by atoms with van der Waals surface area (Å²) in [7, 11) is 2.19. The van der Waals surface area contributed by atoms with Crippen molar-refractivity contribution in [1.82, 2.24) is 15.2 Å². The molecule has 1 aromatic carbocycles. The van der Waals surface area contributed by atoms with E-state index < -0.39 is 0 Å². The maximum atomic E-state index is 12.5. The van der Waals surface area contributed by atoms with Gasteiger partial charge in [0.25, 0.3) is 0 Å². The van der Waals surface area contributed by atoms with Crippen LogP contribution in [0.3, 0.4) is 0 Å². The fraction of sp³-hybridized carbons (Fsp3) is 0.522. The Labute approximate surface area is 166 Å². The molecule has 3 aliphatic rings. The minimum Gasteiger partial charge on any atom is -0.464 e. The molecule has 0 bridgehead atoms. The summed E-state index contributed by atoms with van der Waals surface area (Å²) in [5.41, 5.74) is 5.34. The minimum absolute atomic E-state index is 0.0799. The van der Waals surface area contributed by atoms with Crippen LogP contribution in [0, 0.1) is 5.92 Å². The van der Waals surface area contributed by atoms with Crippen molar-refractivity contribution in [1.29, 1.82) is 0 Å². The lowest BCUT2D eigenvalue weighted by molar-refractivity contribution is -0.147. The second-order valence-corrected chi connectivity index (χ2v) is 8.57. The van der Waals surface area contributed by atoms with Crippen molar-refractivity contribution in [2.75, 3.05) is 26.7 Å². The van der Waals surface area contributed by atoms with E-state index in [1.54, 1.807) is 0 Å². The lowest BCUT2D eigenvalue weighted by atomic mass is 9.80. The second-order valence-electron chi connectivity index (χ2n) is 8.57. The average Bonchev–Trinajstić information content (AvgIpc) is 2.94. The number of likely N-dealkylation sites (N-methyl/N-ethyl adjacent to an activating group) is 1. The monoisotopic (exact) mass is 379 g/mol. The summed E-state index contributed by atoms with van der Waals surface area (Å²) in [4.78, 5) is 18.4. The van der Waals surface area contributed by atoms with E-state index in [0.717, 1.165) is 38.8 Å². The van der Waals surface area contributed by atoms with E-state index >= 15 is 0 Å². The molecule has 1 saturated heterocycles. The fourth-order valence-electron chi connectivity index (χ4n) is 5.17. The van der Waals surface area contributed by atoms with Crippen LogP contribution in [0.2, 0.25) is 0 Å². The van der Waals surface area contributed by atoms with Crippen molar-refractivity contribution >= 4 is 22.4 Å². The first-order valence-electron chi connectivity index (χ1n) is 10.6. The van der Waals surface area contributed by atoms with Gasteiger partial charge in [-0.1, -0.05) is 31.1 Å². The number of hydrogen-bond donors (Lipinski definition) is 2. The van der Waals surface area contributed by atoms with E-state index in [-0.39, 0.29) is 17.9 Å². The first kappa shape index (κ1) is 18.0. The molecule has 0 saturated carbocycles. The zero-order chi connectivity index (χ0) is 19.1. The average molecular weight is 380 g/mol. The summed E-state index contributed by atoms with van der Waals surface area (Å²) in [5, 5.41) is 4.70. The van der Waals surface area contributed by atoms with Crippen molar-refractivity contribution in [3.05, 3.63) is 41.6 Å². The topological polar surface area (TPSA) is 57.4 Å². The predicted molar refractivity (Wildman–Crippen MR) is 111 cm³/mol. The lowest BCUT2D eigenvalue weighted by Gasteiger charge is -2.39. The molecular formula is C23H29N3O2. The Bertz CT molecular complexity index is 908. The molecule has 0 radical (unpaired) electrons. The summed E-state index contributed by atoms with van der Waals surface area (Å²) in [5.74, 6) is 0.158. The molecule has 2 N–H and O–H groups in total. The van der Waals surface area contributed by atoms with Gasteiger partial charge in [0.2, 0.25) is 0 Å². The number of nitrogens with zero attached hydrogens (tertiary/aromatic N) is 1. The predicted octanol–water partition coefficient (Wildman–Crippen LogP) is 3.11. The lowest BCUT2D eigenvalue weighted by Crippen LogP contribution is -2.44.